The third-order valence-corrected chi connectivity index (χ3v) is 3.47. The van der Waals surface area contributed by atoms with E-state index in [1.165, 1.54) is 6.07 Å². The lowest BCUT2D eigenvalue weighted by molar-refractivity contribution is 0.102. The standard InChI is InChI=1S/C14H13BrFN3O/c1-7-4-11(15)12(16)6-13(7)17-14(20)10-5-8(2)18-19-9(10)3/h4-6H,1-3H3,(H,17,20). The van der Waals surface area contributed by atoms with E-state index in [0.717, 1.165) is 5.56 Å². The number of hydrogen-bond acceptors (Lipinski definition) is 3. The van der Waals surface area contributed by atoms with Crippen LogP contribution < -0.4 is 5.32 Å². The lowest BCUT2D eigenvalue weighted by atomic mass is 10.1. The number of carbonyl (C=O) groups is 1. The van der Waals surface area contributed by atoms with Crippen LogP contribution in [0.1, 0.15) is 27.3 Å². The molecule has 1 amide bonds. The van der Waals surface area contributed by atoms with Crippen LogP contribution in [0.25, 0.3) is 0 Å². The van der Waals surface area contributed by atoms with Crippen LogP contribution in [0.5, 0.6) is 0 Å². The van der Waals surface area contributed by atoms with Gasteiger partial charge >= 0.3 is 0 Å². The smallest absolute Gasteiger partial charge is 0.257 e. The van der Waals surface area contributed by atoms with Crippen LogP contribution in [0.15, 0.2) is 22.7 Å². The van der Waals surface area contributed by atoms with Gasteiger partial charge in [-0.05, 0) is 60.5 Å². The molecule has 0 atom stereocenters. The number of rotatable bonds is 2. The molecule has 0 bridgehead atoms. The molecule has 0 aliphatic heterocycles. The van der Waals surface area contributed by atoms with Gasteiger partial charge in [-0.15, -0.1) is 0 Å². The van der Waals surface area contributed by atoms with Gasteiger partial charge in [0.25, 0.3) is 5.91 Å². The summed E-state index contributed by atoms with van der Waals surface area (Å²) < 4.78 is 13.9. The van der Waals surface area contributed by atoms with Gasteiger partial charge in [0.05, 0.1) is 21.4 Å². The number of halogens is 2. The molecule has 0 radical (unpaired) electrons. The summed E-state index contributed by atoms with van der Waals surface area (Å²) in [5.74, 6) is -0.753. The normalized spacial score (nSPS) is 10.4. The highest BCUT2D eigenvalue weighted by molar-refractivity contribution is 9.10. The maximum absolute atomic E-state index is 13.5. The zero-order chi connectivity index (χ0) is 14.9. The number of amides is 1. The topological polar surface area (TPSA) is 54.9 Å². The molecule has 1 N–H and O–H groups in total. The van der Waals surface area contributed by atoms with Crippen molar-refractivity contribution in [1.82, 2.24) is 10.2 Å². The molecule has 0 aliphatic rings. The zero-order valence-electron chi connectivity index (χ0n) is 11.3. The highest BCUT2D eigenvalue weighted by Gasteiger charge is 2.13. The highest BCUT2D eigenvalue weighted by atomic mass is 79.9. The van der Waals surface area contributed by atoms with Gasteiger partial charge in [0.2, 0.25) is 0 Å². The first kappa shape index (κ1) is 14.6. The molecule has 1 heterocycles. The van der Waals surface area contributed by atoms with Crippen LogP contribution in [-0.4, -0.2) is 16.1 Å². The van der Waals surface area contributed by atoms with E-state index < -0.39 is 5.82 Å². The molecule has 104 valence electrons. The molecule has 6 heteroatoms. The number of nitrogens with one attached hydrogen (secondary N) is 1. The van der Waals surface area contributed by atoms with Gasteiger partial charge in [-0.3, -0.25) is 4.79 Å². The fourth-order valence-corrected chi connectivity index (χ4v) is 2.21. The van der Waals surface area contributed by atoms with E-state index in [1.807, 2.05) is 0 Å². The van der Waals surface area contributed by atoms with Crippen molar-refractivity contribution in [3.05, 3.63) is 51.0 Å². The Balaban J connectivity index is 2.32. The quantitative estimate of drug-likeness (QED) is 0.911. The summed E-state index contributed by atoms with van der Waals surface area (Å²) in [6.45, 7) is 5.26. The van der Waals surface area contributed by atoms with Crippen LogP contribution >= 0.6 is 15.9 Å². The maximum atomic E-state index is 13.5. The van der Waals surface area contributed by atoms with Crippen LogP contribution in [0.3, 0.4) is 0 Å². The number of nitrogens with zero attached hydrogens (tertiary/aromatic N) is 2. The predicted molar refractivity (Wildman–Crippen MR) is 78.3 cm³/mol. The van der Waals surface area contributed by atoms with Crippen molar-refractivity contribution >= 4 is 27.5 Å². The predicted octanol–water partition coefficient (Wildman–Crippen LogP) is 3.56. The third kappa shape index (κ3) is 3.01. The molecule has 4 nitrogen and oxygen atoms in total. The van der Waals surface area contributed by atoms with Gasteiger partial charge in [-0.25, -0.2) is 4.39 Å². The van der Waals surface area contributed by atoms with Crippen molar-refractivity contribution in [1.29, 1.82) is 0 Å². The van der Waals surface area contributed by atoms with Crippen molar-refractivity contribution in [3.8, 4) is 0 Å². The summed E-state index contributed by atoms with van der Waals surface area (Å²) in [5.41, 5.74) is 2.82. The molecular formula is C14H13BrFN3O. The monoisotopic (exact) mass is 337 g/mol. The van der Waals surface area contributed by atoms with Gasteiger partial charge in [0, 0.05) is 5.69 Å². The average Bonchev–Trinajstić information content (AvgIpc) is 2.38. The van der Waals surface area contributed by atoms with Crippen molar-refractivity contribution in [2.75, 3.05) is 5.32 Å². The van der Waals surface area contributed by atoms with Crippen molar-refractivity contribution < 1.29 is 9.18 Å². The van der Waals surface area contributed by atoms with Crippen molar-refractivity contribution in [3.63, 3.8) is 0 Å². The Morgan fingerprint density at radius 1 is 1.20 bits per heavy atom. The largest absolute Gasteiger partial charge is 0.322 e. The van der Waals surface area contributed by atoms with E-state index in [4.69, 9.17) is 0 Å². The van der Waals surface area contributed by atoms with Crippen LogP contribution in [0.2, 0.25) is 0 Å². The molecule has 2 aromatic rings. The van der Waals surface area contributed by atoms with Crippen LogP contribution in [0.4, 0.5) is 10.1 Å². The van der Waals surface area contributed by atoms with Crippen LogP contribution in [-0.2, 0) is 0 Å². The maximum Gasteiger partial charge on any atom is 0.257 e. The molecule has 0 spiro atoms. The Hall–Kier alpha value is -1.82. The molecule has 0 saturated carbocycles. The summed E-state index contributed by atoms with van der Waals surface area (Å²) >= 11 is 3.11. The van der Waals surface area contributed by atoms with Crippen molar-refractivity contribution in [2.45, 2.75) is 20.8 Å². The lowest BCUT2D eigenvalue weighted by Gasteiger charge is -2.10. The summed E-state index contributed by atoms with van der Waals surface area (Å²) in [5, 5.41) is 10.5. The molecule has 0 aliphatic carbocycles. The minimum absolute atomic E-state index is 0.328. The average molecular weight is 338 g/mol. The molecule has 0 fully saturated rings. The van der Waals surface area contributed by atoms with E-state index in [-0.39, 0.29) is 5.91 Å². The number of carbonyl (C=O) groups excluding carboxylic acids is 1. The fourth-order valence-electron chi connectivity index (χ4n) is 1.75. The Morgan fingerprint density at radius 2 is 1.90 bits per heavy atom. The van der Waals surface area contributed by atoms with E-state index in [0.29, 0.717) is 27.1 Å². The number of hydrogen-bond donors (Lipinski definition) is 1. The summed E-state index contributed by atoms with van der Waals surface area (Å²) in [6, 6.07) is 4.56. The summed E-state index contributed by atoms with van der Waals surface area (Å²) in [4.78, 5) is 12.2. The Labute approximate surface area is 124 Å². The second-order valence-corrected chi connectivity index (χ2v) is 5.37. The minimum Gasteiger partial charge on any atom is -0.322 e. The SMILES string of the molecule is Cc1cc(C(=O)Nc2cc(F)c(Br)cc2C)c(C)nn1. The first-order chi connectivity index (χ1) is 9.38. The van der Waals surface area contributed by atoms with E-state index in [1.54, 1.807) is 32.9 Å². The minimum atomic E-state index is -0.424. The van der Waals surface area contributed by atoms with Gasteiger partial charge in [0.15, 0.2) is 0 Å². The Kier molecular flexibility index (Phi) is 4.13. The highest BCUT2D eigenvalue weighted by Crippen LogP contribution is 2.24. The first-order valence-corrected chi connectivity index (χ1v) is 6.75. The van der Waals surface area contributed by atoms with Gasteiger partial charge in [-0.1, -0.05) is 0 Å². The zero-order valence-corrected chi connectivity index (χ0v) is 12.9. The molecule has 0 unspecified atom stereocenters. The number of anilines is 1. The Morgan fingerprint density at radius 3 is 2.60 bits per heavy atom. The van der Waals surface area contributed by atoms with Gasteiger partial charge in [0.1, 0.15) is 5.82 Å². The lowest BCUT2D eigenvalue weighted by Crippen LogP contribution is -2.16. The molecule has 1 aromatic carbocycles. The third-order valence-electron chi connectivity index (χ3n) is 2.86. The van der Waals surface area contributed by atoms with E-state index >= 15 is 0 Å². The number of aromatic nitrogens is 2. The molecule has 2 rings (SSSR count). The summed E-state index contributed by atoms with van der Waals surface area (Å²) in [6.07, 6.45) is 0. The molecular weight excluding hydrogens is 325 g/mol. The van der Waals surface area contributed by atoms with Gasteiger partial charge in [-0.2, -0.15) is 10.2 Å². The van der Waals surface area contributed by atoms with Crippen molar-refractivity contribution in [2.24, 2.45) is 0 Å². The number of benzene rings is 1. The Bertz CT molecular complexity index is 688. The second-order valence-electron chi connectivity index (χ2n) is 4.52. The number of aryl methyl sites for hydroxylation is 3. The first-order valence-electron chi connectivity index (χ1n) is 5.96. The van der Waals surface area contributed by atoms with E-state index in [2.05, 4.69) is 31.4 Å². The molecule has 0 saturated heterocycles. The fraction of sp³-hybridized carbons (Fsp3) is 0.214. The van der Waals surface area contributed by atoms with E-state index in [9.17, 15) is 9.18 Å². The molecule has 1 aromatic heterocycles. The molecule has 20 heavy (non-hydrogen) atoms. The van der Waals surface area contributed by atoms with Gasteiger partial charge < -0.3 is 5.32 Å². The summed E-state index contributed by atoms with van der Waals surface area (Å²) in [7, 11) is 0. The second kappa shape index (κ2) is 5.66. The van der Waals surface area contributed by atoms with Crippen LogP contribution in [0, 0.1) is 26.6 Å².